The van der Waals surface area contributed by atoms with Gasteiger partial charge in [-0.25, -0.2) is 4.79 Å². The standard InChI is InChI=1S/C29H42O3/c1-3-5-7-9-10-11-12-14-21-27-26(22-17-23-28(27)32-29(30)31)25-20-16-15-19-24(25)18-13-8-6-4-2/h15-17,19-20,22-23H,3-14,18,21H2,1-2H3,(H,30,31). The van der Waals surface area contributed by atoms with E-state index in [-0.39, 0.29) is 0 Å². The quantitative estimate of drug-likeness (QED) is 0.161. The van der Waals surface area contributed by atoms with Crippen LogP contribution in [0.1, 0.15) is 102 Å². The number of aryl methyl sites for hydroxylation is 1. The number of unbranched alkanes of at least 4 members (excludes halogenated alkanes) is 10. The van der Waals surface area contributed by atoms with E-state index in [2.05, 4.69) is 44.2 Å². The highest BCUT2D eigenvalue weighted by atomic mass is 16.7. The Kier molecular flexibility index (Phi) is 12.6. The molecule has 0 heterocycles. The zero-order valence-electron chi connectivity index (χ0n) is 20.2. The number of hydrogen-bond acceptors (Lipinski definition) is 2. The van der Waals surface area contributed by atoms with Crippen LogP contribution in [0.3, 0.4) is 0 Å². The van der Waals surface area contributed by atoms with Crippen molar-refractivity contribution in [3.8, 4) is 16.9 Å². The van der Waals surface area contributed by atoms with Gasteiger partial charge in [-0.1, -0.05) is 114 Å². The van der Waals surface area contributed by atoms with Crippen LogP contribution in [-0.4, -0.2) is 11.3 Å². The molecule has 0 atom stereocenters. The summed E-state index contributed by atoms with van der Waals surface area (Å²) in [6, 6.07) is 14.4. The molecule has 0 aliphatic heterocycles. The summed E-state index contributed by atoms with van der Waals surface area (Å²) in [6.07, 6.45) is 15.6. The van der Waals surface area contributed by atoms with Gasteiger partial charge in [-0.05, 0) is 48.4 Å². The summed E-state index contributed by atoms with van der Waals surface area (Å²) >= 11 is 0. The number of ether oxygens (including phenoxy) is 1. The van der Waals surface area contributed by atoms with Crippen molar-refractivity contribution in [2.75, 3.05) is 0 Å². The van der Waals surface area contributed by atoms with Crippen molar-refractivity contribution in [2.24, 2.45) is 0 Å². The van der Waals surface area contributed by atoms with Crippen molar-refractivity contribution in [1.82, 2.24) is 0 Å². The molecule has 0 amide bonds. The first-order chi connectivity index (χ1) is 15.7. The SMILES string of the molecule is CCCCCCCCCCc1c(OC(=O)O)cccc1-c1ccccc1CCCCCC. The molecule has 0 radical (unpaired) electrons. The van der Waals surface area contributed by atoms with Crippen LogP contribution < -0.4 is 4.74 Å². The Balaban J connectivity index is 2.14. The van der Waals surface area contributed by atoms with E-state index >= 15 is 0 Å². The number of carbonyl (C=O) groups is 1. The van der Waals surface area contributed by atoms with Crippen LogP contribution in [0.4, 0.5) is 4.79 Å². The minimum Gasteiger partial charge on any atom is -0.449 e. The maximum atomic E-state index is 11.3. The molecule has 0 spiro atoms. The lowest BCUT2D eigenvalue weighted by atomic mass is 9.90. The molecule has 0 bridgehead atoms. The Labute approximate surface area is 195 Å². The lowest BCUT2D eigenvalue weighted by Crippen LogP contribution is -2.07. The van der Waals surface area contributed by atoms with Crippen molar-refractivity contribution < 1.29 is 14.6 Å². The minimum absolute atomic E-state index is 0.485. The zero-order chi connectivity index (χ0) is 23.0. The molecule has 1 N–H and O–H groups in total. The fourth-order valence-corrected chi connectivity index (χ4v) is 4.44. The summed E-state index contributed by atoms with van der Waals surface area (Å²) in [7, 11) is 0. The molecule has 0 aromatic heterocycles. The fourth-order valence-electron chi connectivity index (χ4n) is 4.44. The Hall–Kier alpha value is -2.29. The Bertz CT molecular complexity index is 797. The molecule has 2 aromatic carbocycles. The Morgan fingerprint density at radius 2 is 1.25 bits per heavy atom. The smallest absolute Gasteiger partial charge is 0.449 e. The molecule has 0 saturated heterocycles. The van der Waals surface area contributed by atoms with E-state index < -0.39 is 6.16 Å². The first-order valence-electron chi connectivity index (χ1n) is 12.8. The van der Waals surface area contributed by atoms with Gasteiger partial charge in [0.1, 0.15) is 5.75 Å². The normalized spacial score (nSPS) is 10.9. The van der Waals surface area contributed by atoms with E-state index in [4.69, 9.17) is 4.74 Å². The lowest BCUT2D eigenvalue weighted by molar-refractivity contribution is 0.144. The van der Waals surface area contributed by atoms with Gasteiger partial charge in [0.2, 0.25) is 0 Å². The third-order valence-electron chi connectivity index (χ3n) is 6.22. The number of rotatable bonds is 16. The predicted molar refractivity (Wildman–Crippen MR) is 135 cm³/mol. The largest absolute Gasteiger partial charge is 0.511 e. The number of benzene rings is 2. The van der Waals surface area contributed by atoms with Crippen molar-refractivity contribution in [1.29, 1.82) is 0 Å². The molecule has 3 heteroatoms. The Morgan fingerprint density at radius 1 is 0.688 bits per heavy atom. The van der Waals surface area contributed by atoms with Crippen LogP contribution >= 0.6 is 0 Å². The van der Waals surface area contributed by atoms with Crippen molar-refractivity contribution in [3.63, 3.8) is 0 Å². The van der Waals surface area contributed by atoms with E-state index in [0.717, 1.165) is 30.4 Å². The number of carboxylic acid groups (broad SMARTS) is 1. The summed E-state index contributed by atoms with van der Waals surface area (Å²) < 4.78 is 5.20. The van der Waals surface area contributed by atoms with Crippen LogP contribution in [0.5, 0.6) is 5.75 Å². The molecular weight excluding hydrogens is 396 g/mol. The summed E-state index contributed by atoms with van der Waals surface area (Å²) in [6.45, 7) is 4.48. The second kappa shape index (κ2) is 15.5. The predicted octanol–water partition coefficient (Wildman–Crippen LogP) is 9.22. The molecule has 32 heavy (non-hydrogen) atoms. The third-order valence-corrected chi connectivity index (χ3v) is 6.22. The first-order valence-corrected chi connectivity index (χ1v) is 12.8. The second-order valence-corrected chi connectivity index (χ2v) is 8.84. The van der Waals surface area contributed by atoms with Crippen LogP contribution in [0, 0.1) is 0 Å². The van der Waals surface area contributed by atoms with E-state index in [1.165, 1.54) is 81.8 Å². The molecule has 0 aliphatic rings. The van der Waals surface area contributed by atoms with Gasteiger partial charge < -0.3 is 9.84 Å². The summed E-state index contributed by atoms with van der Waals surface area (Å²) in [5.74, 6) is 0.485. The molecular formula is C29H42O3. The molecule has 3 nitrogen and oxygen atoms in total. The van der Waals surface area contributed by atoms with E-state index in [1.54, 1.807) is 6.07 Å². The molecule has 0 saturated carbocycles. The minimum atomic E-state index is -1.24. The average molecular weight is 439 g/mol. The van der Waals surface area contributed by atoms with E-state index in [9.17, 15) is 9.90 Å². The van der Waals surface area contributed by atoms with Crippen LogP contribution in [0.25, 0.3) is 11.1 Å². The molecule has 176 valence electrons. The van der Waals surface area contributed by atoms with Crippen molar-refractivity contribution in [2.45, 2.75) is 104 Å². The second-order valence-electron chi connectivity index (χ2n) is 8.84. The van der Waals surface area contributed by atoms with E-state index in [1.807, 2.05) is 6.07 Å². The van der Waals surface area contributed by atoms with Gasteiger partial charge in [0, 0.05) is 5.56 Å². The van der Waals surface area contributed by atoms with Crippen molar-refractivity contribution in [3.05, 3.63) is 53.6 Å². The van der Waals surface area contributed by atoms with Gasteiger partial charge in [0.15, 0.2) is 0 Å². The number of hydrogen-bond donors (Lipinski definition) is 1. The van der Waals surface area contributed by atoms with Gasteiger partial charge in [0.05, 0.1) is 0 Å². The van der Waals surface area contributed by atoms with Gasteiger partial charge >= 0.3 is 6.16 Å². The monoisotopic (exact) mass is 438 g/mol. The van der Waals surface area contributed by atoms with Gasteiger partial charge in [-0.15, -0.1) is 0 Å². The summed E-state index contributed by atoms with van der Waals surface area (Å²) in [5, 5.41) is 9.26. The maximum absolute atomic E-state index is 11.3. The van der Waals surface area contributed by atoms with Crippen LogP contribution in [-0.2, 0) is 12.8 Å². The molecule has 0 fully saturated rings. The average Bonchev–Trinajstić information content (AvgIpc) is 2.79. The highest BCUT2D eigenvalue weighted by molar-refractivity contribution is 5.74. The van der Waals surface area contributed by atoms with Gasteiger partial charge in [-0.3, -0.25) is 0 Å². The third kappa shape index (κ3) is 9.06. The maximum Gasteiger partial charge on any atom is 0.511 e. The Morgan fingerprint density at radius 3 is 1.94 bits per heavy atom. The molecule has 2 rings (SSSR count). The van der Waals surface area contributed by atoms with E-state index in [0.29, 0.717) is 5.75 Å². The van der Waals surface area contributed by atoms with Crippen molar-refractivity contribution >= 4 is 6.16 Å². The van der Waals surface area contributed by atoms with Gasteiger partial charge in [0.25, 0.3) is 0 Å². The highest BCUT2D eigenvalue weighted by Gasteiger charge is 2.15. The molecule has 0 unspecified atom stereocenters. The van der Waals surface area contributed by atoms with Crippen LogP contribution in [0.15, 0.2) is 42.5 Å². The van der Waals surface area contributed by atoms with Crippen LogP contribution in [0.2, 0.25) is 0 Å². The molecule has 0 aliphatic carbocycles. The van der Waals surface area contributed by atoms with Gasteiger partial charge in [-0.2, -0.15) is 0 Å². The zero-order valence-corrected chi connectivity index (χ0v) is 20.2. The first kappa shape index (κ1) is 26.0. The molecule has 2 aromatic rings. The summed E-state index contributed by atoms with van der Waals surface area (Å²) in [4.78, 5) is 11.3. The lowest BCUT2D eigenvalue weighted by Gasteiger charge is -2.17. The topological polar surface area (TPSA) is 46.5 Å². The fraction of sp³-hybridized carbons (Fsp3) is 0.552. The summed E-state index contributed by atoms with van der Waals surface area (Å²) in [5.41, 5.74) is 4.71. The highest BCUT2D eigenvalue weighted by Crippen LogP contribution is 2.35.